The van der Waals surface area contributed by atoms with Gasteiger partial charge in [-0.3, -0.25) is 14.7 Å². The topological polar surface area (TPSA) is 45.7 Å². The Morgan fingerprint density at radius 2 is 1.87 bits per heavy atom. The molecule has 4 rings (SSSR count). The molecule has 0 saturated carbocycles. The molecule has 1 aliphatic rings. The molecule has 0 N–H and O–H groups in total. The molecule has 1 aliphatic heterocycles. The molecule has 1 fully saturated rings. The number of amides is 1. The van der Waals surface area contributed by atoms with E-state index in [9.17, 15) is 4.79 Å². The van der Waals surface area contributed by atoms with Crippen molar-refractivity contribution < 1.29 is 9.53 Å². The summed E-state index contributed by atoms with van der Waals surface area (Å²) in [6.45, 7) is 8.91. The summed E-state index contributed by atoms with van der Waals surface area (Å²) in [4.78, 5) is 22.4. The van der Waals surface area contributed by atoms with Gasteiger partial charge in [-0.15, -0.1) is 11.3 Å². The molecule has 0 aliphatic carbocycles. The van der Waals surface area contributed by atoms with Gasteiger partial charge in [0, 0.05) is 44.5 Å². The van der Waals surface area contributed by atoms with Crippen LogP contribution in [-0.4, -0.2) is 46.9 Å². The Kier molecular flexibility index (Phi) is 6.99. The van der Waals surface area contributed by atoms with Gasteiger partial charge in [0.2, 0.25) is 0 Å². The summed E-state index contributed by atoms with van der Waals surface area (Å²) in [5.41, 5.74) is 3.41. The zero-order chi connectivity index (χ0) is 21.6. The van der Waals surface area contributed by atoms with Crippen molar-refractivity contribution in [2.45, 2.75) is 32.9 Å². The van der Waals surface area contributed by atoms with Gasteiger partial charge in [0.05, 0.1) is 10.6 Å². The smallest absolute Gasteiger partial charge is 0.264 e. The summed E-state index contributed by atoms with van der Waals surface area (Å²) in [6.07, 6.45) is 1.83. The highest BCUT2D eigenvalue weighted by molar-refractivity contribution is 7.12. The van der Waals surface area contributed by atoms with Crippen LogP contribution in [0.3, 0.4) is 0 Å². The van der Waals surface area contributed by atoms with Gasteiger partial charge in [-0.2, -0.15) is 0 Å². The summed E-state index contributed by atoms with van der Waals surface area (Å²) >= 11 is 1.50. The SMILES string of the molecule is CC(C)c1ccc(OCc2csc(C(=O)N3CCN(Cc4ccccn4)CC3)c2)cc1. The molecule has 0 unspecified atom stereocenters. The first-order valence-corrected chi connectivity index (χ1v) is 11.7. The number of nitrogens with zero attached hydrogens (tertiary/aromatic N) is 3. The molecular weight excluding hydrogens is 406 g/mol. The fraction of sp³-hybridized carbons (Fsp3) is 0.360. The highest BCUT2D eigenvalue weighted by atomic mass is 32.1. The van der Waals surface area contributed by atoms with Crippen LogP contribution in [0, 0.1) is 0 Å². The fourth-order valence-electron chi connectivity index (χ4n) is 3.66. The summed E-state index contributed by atoms with van der Waals surface area (Å²) in [7, 11) is 0. The van der Waals surface area contributed by atoms with Crippen molar-refractivity contribution in [3.8, 4) is 5.75 Å². The Labute approximate surface area is 188 Å². The number of hydrogen-bond acceptors (Lipinski definition) is 5. The zero-order valence-corrected chi connectivity index (χ0v) is 19.0. The molecule has 5 nitrogen and oxygen atoms in total. The van der Waals surface area contributed by atoms with E-state index in [4.69, 9.17) is 4.74 Å². The lowest BCUT2D eigenvalue weighted by atomic mass is 10.0. The first-order chi connectivity index (χ1) is 15.1. The first-order valence-electron chi connectivity index (χ1n) is 10.8. The Balaban J connectivity index is 1.26. The largest absolute Gasteiger partial charge is 0.489 e. The maximum Gasteiger partial charge on any atom is 0.264 e. The van der Waals surface area contributed by atoms with E-state index in [-0.39, 0.29) is 5.91 Å². The van der Waals surface area contributed by atoms with E-state index in [1.165, 1.54) is 16.9 Å². The second-order valence-electron chi connectivity index (χ2n) is 8.22. The number of piperazine rings is 1. The van der Waals surface area contributed by atoms with Gasteiger partial charge in [-0.05, 0) is 47.2 Å². The van der Waals surface area contributed by atoms with Gasteiger partial charge in [0.15, 0.2) is 0 Å². The molecule has 0 spiro atoms. The third kappa shape index (κ3) is 5.71. The molecule has 3 aromatic rings. The fourth-order valence-corrected chi connectivity index (χ4v) is 4.53. The average molecular weight is 436 g/mol. The maximum atomic E-state index is 12.9. The maximum absolute atomic E-state index is 12.9. The van der Waals surface area contributed by atoms with Crippen molar-refractivity contribution in [1.82, 2.24) is 14.8 Å². The van der Waals surface area contributed by atoms with E-state index in [0.29, 0.717) is 12.5 Å². The van der Waals surface area contributed by atoms with Crippen LogP contribution in [0.4, 0.5) is 0 Å². The number of carbonyl (C=O) groups is 1. The molecule has 0 bridgehead atoms. The van der Waals surface area contributed by atoms with Gasteiger partial charge in [-0.1, -0.05) is 32.0 Å². The number of carbonyl (C=O) groups excluding carboxylic acids is 1. The van der Waals surface area contributed by atoms with Crippen molar-refractivity contribution >= 4 is 17.2 Å². The molecule has 31 heavy (non-hydrogen) atoms. The molecule has 1 saturated heterocycles. The minimum atomic E-state index is 0.120. The van der Waals surface area contributed by atoms with Crippen LogP contribution in [0.15, 0.2) is 60.1 Å². The van der Waals surface area contributed by atoms with Crippen molar-refractivity contribution in [2.75, 3.05) is 26.2 Å². The van der Waals surface area contributed by atoms with Crippen molar-refractivity contribution in [3.63, 3.8) is 0 Å². The van der Waals surface area contributed by atoms with Crippen LogP contribution in [-0.2, 0) is 13.2 Å². The van der Waals surface area contributed by atoms with Crippen LogP contribution in [0.2, 0.25) is 0 Å². The Morgan fingerprint density at radius 3 is 2.55 bits per heavy atom. The minimum absolute atomic E-state index is 0.120. The first kappa shape index (κ1) is 21.5. The predicted molar refractivity (Wildman–Crippen MR) is 125 cm³/mol. The number of pyridine rings is 1. The van der Waals surface area contributed by atoms with E-state index in [0.717, 1.165) is 54.6 Å². The van der Waals surface area contributed by atoms with Crippen LogP contribution in [0.25, 0.3) is 0 Å². The Hall–Kier alpha value is -2.70. The average Bonchev–Trinajstić information content (AvgIpc) is 3.28. The highest BCUT2D eigenvalue weighted by Gasteiger charge is 2.23. The van der Waals surface area contributed by atoms with Crippen LogP contribution < -0.4 is 4.74 Å². The number of ether oxygens (including phenoxy) is 1. The van der Waals surface area contributed by atoms with Gasteiger partial charge in [0.25, 0.3) is 5.91 Å². The number of hydrogen-bond donors (Lipinski definition) is 0. The van der Waals surface area contributed by atoms with Crippen molar-refractivity contribution in [3.05, 3.63) is 81.8 Å². The summed E-state index contributed by atoms with van der Waals surface area (Å²) in [5, 5.41) is 2.02. The summed E-state index contributed by atoms with van der Waals surface area (Å²) < 4.78 is 5.91. The zero-order valence-electron chi connectivity index (χ0n) is 18.2. The van der Waals surface area contributed by atoms with Crippen LogP contribution in [0.5, 0.6) is 5.75 Å². The molecule has 2 aromatic heterocycles. The van der Waals surface area contributed by atoms with E-state index in [1.54, 1.807) is 0 Å². The van der Waals surface area contributed by atoms with E-state index in [1.807, 2.05) is 52.9 Å². The lowest BCUT2D eigenvalue weighted by Crippen LogP contribution is -2.48. The number of rotatable bonds is 7. The van der Waals surface area contributed by atoms with E-state index >= 15 is 0 Å². The molecule has 162 valence electrons. The lowest BCUT2D eigenvalue weighted by Gasteiger charge is -2.34. The number of aromatic nitrogens is 1. The molecular formula is C25H29N3O2S. The molecule has 0 atom stereocenters. The molecule has 1 amide bonds. The lowest BCUT2D eigenvalue weighted by molar-refractivity contribution is 0.0631. The number of benzene rings is 1. The third-order valence-electron chi connectivity index (χ3n) is 5.59. The molecule has 1 aromatic carbocycles. The summed E-state index contributed by atoms with van der Waals surface area (Å²) in [5.74, 6) is 1.49. The van der Waals surface area contributed by atoms with Gasteiger partial charge in [0.1, 0.15) is 12.4 Å². The van der Waals surface area contributed by atoms with Crippen LogP contribution >= 0.6 is 11.3 Å². The van der Waals surface area contributed by atoms with Gasteiger partial charge in [-0.25, -0.2) is 0 Å². The number of thiophene rings is 1. The van der Waals surface area contributed by atoms with E-state index in [2.05, 4.69) is 35.9 Å². The summed E-state index contributed by atoms with van der Waals surface area (Å²) in [6, 6.07) is 16.2. The van der Waals surface area contributed by atoms with Crippen molar-refractivity contribution in [1.29, 1.82) is 0 Å². The van der Waals surface area contributed by atoms with Crippen LogP contribution in [0.1, 0.15) is 46.3 Å². The Bertz CT molecular complexity index is 978. The van der Waals surface area contributed by atoms with Crippen molar-refractivity contribution in [2.24, 2.45) is 0 Å². The third-order valence-corrected chi connectivity index (χ3v) is 6.56. The quantitative estimate of drug-likeness (QED) is 0.535. The molecule has 3 heterocycles. The van der Waals surface area contributed by atoms with Gasteiger partial charge < -0.3 is 9.64 Å². The Morgan fingerprint density at radius 1 is 1.10 bits per heavy atom. The van der Waals surface area contributed by atoms with Gasteiger partial charge >= 0.3 is 0 Å². The molecule has 6 heteroatoms. The second-order valence-corrected chi connectivity index (χ2v) is 9.13. The predicted octanol–water partition coefficient (Wildman–Crippen LogP) is 4.80. The van der Waals surface area contributed by atoms with E-state index < -0.39 is 0 Å². The second kappa shape index (κ2) is 10.1. The standard InChI is InChI=1S/C25H29N3O2S/c1-19(2)21-6-8-23(9-7-21)30-17-20-15-24(31-18-20)25(29)28-13-11-27(12-14-28)16-22-5-3-4-10-26-22/h3-10,15,18-19H,11-14,16-17H2,1-2H3. The monoisotopic (exact) mass is 435 g/mol. The highest BCUT2D eigenvalue weighted by Crippen LogP contribution is 2.22. The molecule has 0 radical (unpaired) electrons. The minimum Gasteiger partial charge on any atom is -0.489 e. The normalized spacial score (nSPS) is 14.7.